The SMILES string of the molecule is I.NC(=NCc1ccoc1)N1CCOCC1. The Morgan fingerprint density at radius 3 is 2.81 bits per heavy atom. The van der Waals surface area contributed by atoms with E-state index in [0.717, 1.165) is 31.9 Å². The van der Waals surface area contributed by atoms with Crippen LogP contribution in [0.2, 0.25) is 0 Å². The van der Waals surface area contributed by atoms with E-state index >= 15 is 0 Å². The Hall–Kier alpha value is -0.760. The van der Waals surface area contributed by atoms with Crippen LogP contribution < -0.4 is 5.73 Å². The van der Waals surface area contributed by atoms with E-state index in [1.54, 1.807) is 12.5 Å². The maximum atomic E-state index is 5.85. The summed E-state index contributed by atoms with van der Waals surface area (Å²) in [6, 6.07) is 1.89. The number of rotatable bonds is 2. The number of aliphatic imine (C=N–C) groups is 1. The molecule has 2 rings (SSSR count). The number of furan rings is 1. The molecule has 1 aromatic rings. The van der Waals surface area contributed by atoms with Crippen LogP contribution in [0, 0.1) is 0 Å². The summed E-state index contributed by atoms with van der Waals surface area (Å²) in [6.07, 6.45) is 3.31. The normalized spacial score (nSPS) is 17.0. The van der Waals surface area contributed by atoms with Crippen molar-refractivity contribution in [1.82, 2.24) is 4.90 Å². The highest BCUT2D eigenvalue weighted by atomic mass is 127. The number of morpholine rings is 1. The lowest BCUT2D eigenvalue weighted by atomic mass is 10.3. The zero-order valence-electron chi connectivity index (χ0n) is 8.96. The zero-order chi connectivity index (χ0) is 10.5. The molecule has 0 saturated carbocycles. The zero-order valence-corrected chi connectivity index (χ0v) is 11.3. The molecule has 0 atom stereocenters. The van der Waals surface area contributed by atoms with Gasteiger partial charge in [-0.25, -0.2) is 4.99 Å². The maximum absolute atomic E-state index is 5.85. The fourth-order valence-corrected chi connectivity index (χ4v) is 1.45. The lowest BCUT2D eigenvalue weighted by Gasteiger charge is -2.27. The van der Waals surface area contributed by atoms with Gasteiger partial charge in [-0.15, -0.1) is 24.0 Å². The molecule has 1 aromatic heterocycles. The van der Waals surface area contributed by atoms with Gasteiger partial charge in [0.1, 0.15) is 0 Å². The first-order valence-electron chi connectivity index (χ1n) is 5.00. The second-order valence-electron chi connectivity index (χ2n) is 3.41. The van der Waals surface area contributed by atoms with E-state index in [1.165, 1.54) is 0 Å². The number of nitrogens with two attached hydrogens (primary N) is 1. The average molecular weight is 337 g/mol. The van der Waals surface area contributed by atoms with Crippen LogP contribution in [0.4, 0.5) is 0 Å². The Morgan fingerprint density at radius 1 is 1.44 bits per heavy atom. The number of nitrogens with zero attached hydrogens (tertiary/aromatic N) is 2. The number of halogens is 1. The van der Waals surface area contributed by atoms with Gasteiger partial charge in [-0.3, -0.25) is 0 Å². The molecule has 0 bridgehead atoms. The number of hydrogen-bond donors (Lipinski definition) is 1. The van der Waals surface area contributed by atoms with E-state index in [4.69, 9.17) is 14.9 Å². The van der Waals surface area contributed by atoms with Crippen LogP contribution >= 0.6 is 24.0 Å². The van der Waals surface area contributed by atoms with E-state index in [1.807, 2.05) is 11.0 Å². The van der Waals surface area contributed by atoms with Crippen molar-refractivity contribution in [3.63, 3.8) is 0 Å². The highest BCUT2D eigenvalue weighted by Crippen LogP contribution is 2.02. The van der Waals surface area contributed by atoms with Gasteiger partial charge in [0, 0.05) is 18.7 Å². The first-order valence-corrected chi connectivity index (χ1v) is 5.00. The third-order valence-corrected chi connectivity index (χ3v) is 2.34. The monoisotopic (exact) mass is 337 g/mol. The van der Waals surface area contributed by atoms with Crippen molar-refractivity contribution < 1.29 is 9.15 Å². The van der Waals surface area contributed by atoms with Crippen LogP contribution in [0.5, 0.6) is 0 Å². The third-order valence-electron chi connectivity index (χ3n) is 2.34. The molecule has 0 radical (unpaired) electrons. The molecule has 0 spiro atoms. The predicted molar refractivity (Wildman–Crippen MR) is 71.8 cm³/mol. The van der Waals surface area contributed by atoms with Crippen LogP contribution in [0.15, 0.2) is 28.0 Å². The quantitative estimate of drug-likeness (QED) is 0.498. The van der Waals surface area contributed by atoms with Gasteiger partial charge in [-0.05, 0) is 6.07 Å². The Balaban J connectivity index is 0.00000128. The maximum Gasteiger partial charge on any atom is 0.191 e. The number of hydrogen-bond acceptors (Lipinski definition) is 3. The topological polar surface area (TPSA) is 64.0 Å². The van der Waals surface area contributed by atoms with Crippen molar-refractivity contribution in [2.45, 2.75) is 6.54 Å². The molecule has 1 saturated heterocycles. The summed E-state index contributed by atoms with van der Waals surface area (Å²) >= 11 is 0. The van der Waals surface area contributed by atoms with Gasteiger partial charge in [0.25, 0.3) is 0 Å². The van der Waals surface area contributed by atoms with Crippen molar-refractivity contribution in [3.8, 4) is 0 Å². The van der Waals surface area contributed by atoms with Crippen molar-refractivity contribution in [2.24, 2.45) is 10.7 Å². The Bertz CT molecular complexity index is 321. The summed E-state index contributed by atoms with van der Waals surface area (Å²) in [5.41, 5.74) is 6.89. The molecule has 0 aromatic carbocycles. The van der Waals surface area contributed by atoms with Crippen LogP contribution in [-0.2, 0) is 11.3 Å². The van der Waals surface area contributed by atoms with Crippen LogP contribution in [0.1, 0.15) is 5.56 Å². The number of ether oxygens (including phenoxy) is 1. The third kappa shape index (κ3) is 3.67. The molecule has 1 fully saturated rings. The molecule has 16 heavy (non-hydrogen) atoms. The van der Waals surface area contributed by atoms with E-state index in [9.17, 15) is 0 Å². The van der Waals surface area contributed by atoms with Gasteiger partial charge in [0.05, 0.1) is 32.3 Å². The summed E-state index contributed by atoms with van der Waals surface area (Å²) in [4.78, 5) is 6.33. The van der Waals surface area contributed by atoms with Crippen molar-refractivity contribution in [2.75, 3.05) is 26.3 Å². The molecule has 2 N–H and O–H groups in total. The van der Waals surface area contributed by atoms with Gasteiger partial charge in [0.15, 0.2) is 5.96 Å². The van der Waals surface area contributed by atoms with Gasteiger partial charge in [0.2, 0.25) is 0 Å². The van der Waals surface area contributed by atoms with Crippen LogP contribution in [0.25, 0.3) is 0 Å². The summed E-state index contributed by atoms with van der Waals surface area (Å²) in [7, 11) is 0. The van der Waals surface area contributed by atoms with Gasteiger partial charge < -0.3 is 19.8 Å². The van der Waals surface area contributed by atoms with Gasteiger partial charge in [-0.1, -0.05) is 0 Å². The Labute approximate surface area is 112 Å². The molecule has 0 amide bonds. The predicted octanol–water partition coefficient (Wildman–Crippen LogP) is 1.04. The highest BCUT2D eigenvalue weighted by Gasteiger charge is 2.11. The second kappa shape index (κ2) is 6.74. The fraction of sp³-hybridized carbons (Fsp3) is 0.500. The molecule has 1 aliphatic heterocycles. The first kappa shape index (κ1) is 13.3. The van der Waals surface area contributed by atoms with E-state index < -0.39 is 0 Å². The lowest BCUT2D eigenvalue weighted by molar-refractivity contribution is 0.0674. The van der Waals surface area contributed by atoms with Crippen LogP contribution in [0.3, 0.4) is 0 Å². The second-order valence-corrected chi connectivity index (χ2v) is 3.41. The Morgan fingerprint density at radius 2 is 2.19 bits per heavy atom. The molecule has 0 unspecified atom stereocenters. The summed E-state index contributed by atoms with van der Waals surface area (Å²) < 4.78 is 10.2. The van der Waals surface area contributed by atoms with E-state index in [-0.39, 0.29) is 24.0 Å². The highest BCUT2D eigenvalue weighted by molar-refractivity contribution is 14.0. The van der Waals surface area contributed by atoms with Gasteiger partial charge in [-0.2, -0.15) is 0 Å². The molecule has 2 heterocycles. The number of guanidine groups is 1. The lowest BCUT2D eigenvalue weighted by Crippen LogP contribution is -2.44. The Kier molecular flexibility index (Phi) is 5.61. The van der Waals surface area contributed by atoms with Gasteiger partial charge >= 0.3 is 0 Å². The van der Waals surface area contributed by atoms with Crippen LogP contribution in [-0.4, -0.2) is 37.2 Å². The molecule has 1 aliphatic rings. The largest absolute Gasteiger partial charge is 0.472 e. The van der Waals surface area contributed by atoms with E-state index in [0.29, 0.717) is 12.5 Å². The summed E-state index contributed by atoms with van der Waals surface area (Å²) in [5, 5.41) is 0. The molecule has 90 valence electrons. The molecule has 6 heteroatoms. The fourth-order valence-electron chi connectivity index (χ4n) is 1.45. The van der Waals surface area contributed by atoms with Crippen molar-refractivity contribution >= 4 is 29.9 Å². The van der Waals surface area contributed by atoms with Crippen molar-refractivity contribution in [1.29, 1.82) is 0 Å². The molecule has 5 nitrogen and oxygen atoms in total. The minimum absolute atomic E-state index is 0. The molecule has 0 aliphatic carbocycles. The van der Waals surface area contributed by atoms with E-state index in [2.05, 4.69) is 4.99 Å². The first-order chi connectivity index (χ1) is 7.36. The minimum Gasteiger partial charge on any atom is -0.472 e. The van der Waals surface area contributed by atoms with Crippen molar-refractivity contribution in [3.05, 3.63) is 24.2 Å². The molecular formula is C10H16IN3O2. The smallest absolute Gasteiger partial charge is 0.191 e. The standard InChI is InChI=1S/C10H15N3O2.HI/c11-10(13-2-5-14-6-3-13)12-7-9-1-4-15-8-9;/h1,4,8H,2-3,5-7H2,(H2,11,12);1H. The minimum atomic E-state index is 0. The summed E-state index contributed by atoms with van der Waals surface area (Å²) in [6.45, 7) is 3.66. The average Bonchev–Trinajstić information content (AvgIpc) is 2.80. The summed E-state index contributed by atoms with van der Waals surface area (Å²) in [5.74, 6) is 0.583. The molecular weight excluding hydrogens is 321 g/mol.